The summed E-state index contributed by atoms with van der Waals surface area (Å²) in [4.78, 5) is 14.5. The number of rotatable bonds is 3. The Kier molecular flexibility index (Phi) is 6.16. The van der Waals surface area contributed by atoms with Crippen molar-refractivity contribution in [2.45, 2.75) is 18.2 Å². The molecule has 1 fully saturated rings. The van der Waals surface area contributed by atoms with Crippen LogP contribution in [0.2, 0.25) is 0 Å². The molecule has 19 heavy (non-hydrogen) atoms. The molecule has 2 unspecified atom stereocenters. The summed E-state index contributed by atoms with van der Waals surface area (Å²) in [6.07, 6.45) is 3.64. The number of halogens is 1. The molecule has 1 aliphatic rings. The third-order valence-electron chi connectivity index (χ3n) is 3.15. The zero-order valence-corrected chi connectivity index (χ0v) is 13.1. The number of thioether (sulfide) groups is 1. The Balaban J connectivity index is 0.00000180. The van der Waals surface area contributed by atoms with Crippen LogP contribution in [0.5, 0.6) is 0 Å². The van der Waals surface area contributed by atoms with Crippen molar-refractivity contribution in [3.63, 3.8) is 0 Å². The predicted octanol–water partition coefficient (Wildman–Crippen LogP) is 1.07. The average Bonchev–Trinajstić information content (AvgIpc) is 2.76. The largest absolute Gasteiger partial charge is 0.339 e. The van der Waals surface area contributed by atoms with E-state index in [9.17, 15) is 4.79 Å². The first-order valence-corrected chi connectivity index (χ1v) is 7.23. The molecule has 0 radical (unpaired) electrons. The van der Waals surface area contributed by atoms with Crippen molar-refractivity contribution in [2.24, 2.45) is 7.05 Å². The first-order chi connectivity index (χ1) is 8.61. The monoisotopic (exact) mass is 304 g/mol. The van der Waals surface area contributed by atoms with Crippen LogP contribution in [-0.2, 0) is 11.8 Å². The van der Waals surface area contributed by atoms with Gasteiger partial charge < -0.3 is 10.2 Å². The highest BCUT2D eigenvalue weighted by atomic mass is 35.5. The number of hydrogen-bond donors (Lipinski definition) is 1. The number of aromatic nitrogens is 2. The van der Waals surface area contributed by atoms with Crippen molar-refractivity contribution in [3.8, 4) is 0 Å². The van der Waals surface area contributed by atoms with Gasteiger partial charge in [0.1, 0.15) is 6.04 Å². The van der Waals surface area contributed by atoms with Crippen LogP contribution in [0.25, 0.3) is 0 Å². The lowest BCUT2D eigenvalue weighted by atomic mass is 10.1. The van der Waals surface area contributed by atoms with Gasteiger partial charge >= 0.3 is 0 Å². The number of amides is 1. The molecular weight excluding hydrogens is 284 g/mol. The van der Waals surface area contributed by atoms with Crippen LogP contribution in [0.3, 0.4) is 0 Å². The lowest BCUT2D eigenvalue weighted by Gasteiger charge is -2.33. The Morgan fingerprint density at radius 1 is 1.63 bits per heavy atom. The molecule has 2 heterocycles. The number of carbonyl (C=O) groups is 1. The minimum absolute atomic E-state index is 0. The average molecular weight is 305 g/mol. The highest BCUT2D eigenvalue weighted by Gasteiger charge is 2.28. The van der Waals surface area contributed by atoms with Gasteiger partial charge in [-0.25, -0.2) is 0 Å². The van der Waals surface area contributed by atoms with Gasteiger partial charge in [-0.1, -0.05) is 6.92 Å². The van der Waals surface area contributed by atoms with Crippen LogP contribution in [0.1, 0.15) is 18.5 Å². The van der Waals surface area contributed by atoms with E-state index in [0.29, 0.717) is 5.25 Å². The van der Waals surface area contributed by atoms with E-state index in [-0.39, 0.29) is 24.4 Å². The summed E-state index contributed by atoms with van der Waals surface area (Å²) >= 11 is 1.93. The second kappa shape index (κ2) is 7.17. The molecule has 5 nitrogen and oxygen atoms in total. The summed E-state index contributed by atoms with van der Waals surface area (Å²) in [5.74, 6) is 1.17. The molecular formula is C12H21ClN4OS. The van der Waals surface area contributed by atoms with Crippen LogP contribution in [0, 0.1) is 0 Å². The van der Waals surface area contributed by atoms with Crippen LogP contribution in [-0.4, -0.2) is 51.7 Å². The normalized spacial score (nSPS) is 20.8. The van der Waals surface area contributed by atoms with E-state index in [1.54, 1.807) is 10.9 Å². The molecule has 1 aliphatic heterocycles. The van der Waals surface area contributed by atoms with Gasteiger partial charge in [-0.05, 0) is 7.05 Å². The van der Waals surface area contributed by atoms with Gasteiger partial charge in [-0.2, -0.15) is 16.9 Å². The van der Waals surface area contributed by atoms with Gasteiger partial charge in [0.25, 0.3) is 0 Å². The van der Waals surface area contributed by atoms with Crippen molar-refractivity contribution in [2.75, 3.05) is 25.9 Å². The van der Waals surface area contributed by atoms with E-state index < -0.39 is 0 Å². The van der Waals surface area contributed by atoms with Gasteiger partial charge in [0.2, 0.25) is 5.91 Å². The quantitative estimate of drug-likeness (QED) is 0.907. The van der Waals surface area contributed by atoms with Crippen LogP contribution >= 0.6 is 24.2 Å². The fraction of sp³-hybridized carbons (Fsp3) is 0.667. The molecule has 1 aromatic heterocycles. The zero-order valence-electron chi connectivity index (χ0n) is 11.5. The summed E-state index contributed by atoms with van der Waals surface area (Å²) < 4.78 is 1.72. The topological polar surface area (TPSA) is 50.2 Å². The van der Waals surface area contributed by atoms with E-state index in [1.807, 2.05) is 37.0 Å². The molecule has 0 aromatic carbocycles. The summed E-state index contributed by atoms with van der Waals surface area (Å²) in [6.45, 7) is 3.84. The number of aryl methyl sites for hydroxylation is 1. The van der Waals surface area contributed by atoms with Crippen molar-refractivity contribution in [1.82, 2.24) is 20.0 Å². The molecule has 1 amide bonds. The summed E-state index contributed by atoms with van der Waals surface area (Å²) in [5, 5.41) is 7.74. The van der Waals surface area contributed by atoms with Gasteiger partial charge in [-0.3, -0.25) is 9.48 Å². The maximum absolute atomic E-state index is 12.5. The number of hydrogen-bond acceptors (Lipinski definition) is 4. The first-order valence-electron chi connectivity index (χ1n) is 6.18. The van der Waals surface area contributed by atoms with Crippen molar-refractivity contribution < 1.29 is 4.79 Å². The summed E-state index contributed by atoms with van der Waals surface area (Å²) in [6, 6.07) is -0.283. The smallest absolute Gasteiger partial charge is 0.244 e. The molecule has 0 spiro atoms. The SMILES string of the molecule is CNC(C(=O)N1CCSC(C)C1)c1cnn(C)c1.Cl. The van der Waals surface area contributed by atoms with Crippen molar-refractivity contribution in [1.29, 1.82) is 0 Å². The van der Waals surface area contributed by atoms with Crippen molar-refractivity contribution >= 4 is 30.1 Å². The Bertz CT molecular complexity index is 426. The minimum Gasteiger partial charge on any atom is -0.339 e. The molecule has 2 atom stereocenters. The van der Waals surface area contributed by atoms with Gasteiger partial charge in [0.15, 0.2) is 0 Å². The lowest BCUT2D eigenvalue weighted by molar-refractivity contribution is -0.133. The number of nitrogens with zero attached hydrogens (tertiary/aromatic N) is 3. The van der Waals surface area contributed by atoms with E-state index in [4.69, 9.17) is 0 Å². The molecule has 1 N–H and O–H groups in total. The number of carbonyl (C=O) groups excluding carboxylic acids is 1. The third kappa shape index (κ3) is 3.87. The van der Waals surface area contributed by atoms with E-state index in [1.165, 1.54) is 0 Å². The Labute approximate surface area is 124 Å². The highest BCUT2D eigenvalue weighted by Crippen LogP contribution is 2.21. The number of nitrogens with one attached hydrogen (secondary N) is 1. The fourth-order valence-corrected chi connectivity index (χ4v) is 3.24. The number of likely N-dealkylation sites (N-methyl/N-ethyl adjacent to an activating group) is 1. The van der Waals surface area contributed by atoms with Crippen LogP contribution < -0.4 is 5.32 Å². The molecule has 0 bridgehead atoms. The minimum atomic E-state index is -0.283. The molecule has 0 aliphatic carbocycles. The van der Waals surface area contributed by atoms with E-state index >= 15 is 0 Å². The Morgan fingerprint density at radius 3 is 2.89 bits per heavy atom. The third-order valence-corrected chi connectivity index (χ3v) is 4.28. The maximum atomic E-state index is 12.5. The van der Waals surface area contributed by atoms with E-state index in [0.717, 1.165) is 24.4 Å². The molecule has 108 valence electrons. The Morgan fingerprint density at radius 2 is 2.37 bits per heavy atom. The Hall–Kier alpha value is -0.720. The summed E-state index contributed by atoms with van der Waals surface area (Å²) in [7, 11) is 3.68. The van der Waals surface area contributed by atoms with Gasteiger partial charge in [0.05, 0.1) is 6.20 Å². The fourth-order valence-electron chi connectivity index (χ4n) is 2.22. The highest BCUT2D eigenvalue weighted by molar-refractivity contribution is 7.99. The van der Waals surface area contributed by atoms with Gasteiger partial charge in [-0.15, -0.1) is 12.4 Å². The lowest BCUT2D eigenvalue weighted by Crippen LogP contribution is -2.45. The molecule has 2 rings (SSSR count). The van der Waals surface area contributed by atoms with Crippen LogP contribution in [0.15, 0.2) is 12.4 Å². The second-order valence-corrected chi connectivity index (χ2v) is 6.18. The van der Waals surface area contributed by atoms with Crippen molar-refractivity contribution in [3.05, 3.63) is 18.0 Å². The van der Waals surface area contributed by atoms with E-state index in [2.05, 4.69) is 17.3 Å². The van der Waals surface area contributed by atoms with Gasteiger partial charge in [0, 0.05) is 42.9 Å². The standard InChI is InChI=1S/C12H20N4OS.ClH/c1-9-7-16(4-5-18-9)12(17)11(13-2)10-6-14-15(3)8-10;/h6,8-9,11,13H,4-5,7H2,1-3H3;1H. The predicted molar refractivity (Wildman–Crippen MR) is 80.8 cm³/mol. The first kappa shape index (κ1) is 16.3. The van der Waals surface area contributed by atoms with Crippen LogP contribution in [0.4, 0.5) is 0 Å². The maximum Gasteiger partial charge on any atom is 0.244 e. The molecule has 0 saturated carbocycles. The second-order valence-electron chi connectivity index (χ2n) is 4.63. The molecule has 7 heteroatoms. The molecule has 1 saturated heterocycles. The zero-order chi connectivity index (χ0) is 13.1. The molecule has 1 aromatic rings. The summed E-state index contributed by atoms with van der Waals surface area (Å²) in [5.41, 5.74) is 0.927.